The van der Waals surface area contributed by atoms with Crippen molar-refractivity contribution in [3.63, 3.8) is 0 Å². The number of piperidine rings is 1. The van der Waals surface area contributed by atoms with Gasteiger partial charge in [-0.05, 0) is 69.8 Å². The number of rotatable bonds is 10. The summed E-state index contributed by atoms with van der Waals surface area (Å²) in [5, 5.41) is 10.6. The lowest BCUT2D eigenvalue weighted by Crippen LogP contribution is -2.48. The molecule has 5 nitrogen and oxygen atoms in total. The molecule has 2 heterocycles. The zero-order valence-corrected chi connectivity index (χ0v) is 17.7. The van der Waals surface area contributed by atoms with Gasteiger partial charge in [-0.3, -0.25) is 4.99 Å². The van der Waals surface area contributed by atoms with E-state index in [1.165, 1.54) is 30.8 Å². The Morgan fingerprint density at radius 1 is 1.23 bits per heavy atom. The third-order valence-corrected chi connectivity index (χ3v) is 5.97. The summed E-state index contributed by atoms with van der Waals surface area (Å²) in [5.41, 5.74) is 0. The van der Waals surface area contributed by atoms with Crippen molar-refractivity contribution in [2.75, 3.05) is 50.7 Å². The van der Waals surface area contributed by atoms with Crippen LogP contribution in [0.1, 0.15) is 46.5 Å². The van der Waals surface area contributed by atoms with Gasteiger partial charge < -0.3 is 20.4 Å². The maximum absolute atomic E-state index is 4.79. The Morgan fingerprint density at radius 2 is 2.00 bits per heavy atom. The normalized spacial score (nSPS) is 16.3. The smallest absolute Gasteiger partial charge is 0.191 e. The van der Waals surface area contributed by atoms with Crippen LogP contribution in [0.3, 0.4) is 0 Å². The number of anilines is 1. The molecule has 1 aromatic heterocycles. The maximum atomic E-state index is 4.79. The molecule has 0 amide bonds. The highest BCUT2D eigenvalue weighted by molar-refractivity contribution is 7.14. The van der Waals surface area contributed by atoms with Crippen LogP contribution < -0.4 is 15.5 Å². The van der Waals surface area contributed by atoms with Gasteiger partial charge in [-0.15, -0.1) is 11.3 Å². The van der Waals surface area contributed by atoms with Gasteiger partial charge in [0.2, 0.25) is 0 Å². The minimum atomic E-state index is 0.527. The van der Waals surface area contributed by atoms with Crippen molar-refractivity contribution in [1.82, 2.24) is 15.5 Å². The van der Waals surface area contributed by atoms with Crippen LogP contribution in [0.4, 0.5) is 5.00 Å². The predicted molar refractivity (Wildman–Crippen MR) is 116 cm³/mol. The fourth-order valence-corrected chi connectivity index (χ4v) is 4.17. The molecule has 1 aliphatic heterocycles. The van der Waals surface area contributed by atoms with Crippen LogP contribution in [0, 0.1) is 0 Å². The number of nitrogens with zero attached hydrogens (tertiary/aromatic N) is 3. The molecule has 2 rings (SSSR count). The van der Waals surface area contributed by atoms with Crippen molar-refractivity contribution in [1.29, 1.82) is 0 Å². The summed E-state index contributed by atoms with van der Waals surface area (Å²) in [6.07, 6.45) is 4.72. The van der Waals surface area contributed by atoms with E-state index >= 15 is 0 Å². The van der Waals surface area contributed by atoms with Crippen LogP contribution >= 0.6 is 11.3 Å². The first-order valence-electron chi connectivity index (χ1n) is 10.3. The van der Waals surface area contributed by atoms with E-state index in [4.69, 9.17) is 4.99 Å². The molecule has 1 saturated heterocycles. The lowest BCUT2D eigenvalue weighted by molar-refractivity contribution is 0.297. The van der Waals surface area contributed by atoms with Gasteiger partial charge in [-0.2, -0.15) is 0 Å². The summed E-state index contributed by atoms with van der Waals surface area (Å²) in [7, 11) is 0. The van der Waals surface area contributed by atoms with Crippen LogP contribution in [0.15, 0.2) is 22.5 Å². The van der Waals surface area contributed by atoms with Gasteiger partial charge in [0.15, 0.2) is 5.96 Å². The van der Waals surface area contributed by atoms with E-state index in [0.717, 1.165) is 51.6 Å². The highest BCUT2D eigenvalue weighted by Gasteiger charge is 2.20. The molecule has 26 heavy (non-hydrogen) atoms. The Kier molecular flexibility index (Phi) is 9.85. The molecule has 0 aromatic carbocycles. The second kappa shape index (κ2) is 12.2. The van der Waals surface area contributed by atoms with E-state index in [2.05, 4.69) is 58.7 Å². The minimum absolute atomic E-state index is 0.527. The number of hydrogen-bond acceptors (Lipinski definition) is 4. The third-order valence-electron chi connectivity index (χ3n) is 5.04. The van der Waals surface area contributed by atoms with Crippen molar-refractivity contribution in [3.8, 4) is 0 Å². The zero-order valence-electron chi connectivity index (χ0n) is 16.8. The quantitative estimate of drug-likeness (QED) is 0.371. The van der Waals surface area contributed by atoms with Crippen molar-refractivity contribution in [2.24, 2.45) is 4.99 Å². The minimum Gasteiger partial charge on any atom is -0.363 e. The second-order valence-electron chi connectivity index (χ2n) is 6.85. The summed E-state index contributed by atoms with van der Waals surface area (Å²) in [4.78, 5) is 9.77. The molecular formula is C20H37N5S. The SMILES string of the molecule is CCNC(=NCCCCN(CC)CC)NC1CCN(c2cccs2)CC1. The predicted octanol–water partition coefficient (Wildman–Crippen LogP) is 3.39. The van der Waals surface area contributed by atoms with Gasteiger partial charge in [0, 0.05) is 32.2 Å². The maximum Gasteiger partial charge on any atom is 0.191 e. The fraction of sp³-hybridized carbons (Fsp3) is 0.750. The van der Waals surface area contributed by atoms with E-state index in [1.54, 1.807) is 0 Å². The number of hydrogen-bond donors (Lipinski definition) is 2. The molecule has 0 spiro atoms. The molecule has 0 bridgehead atoms. The van der Waals surface area contributed by atoms with Gasteiger partial charge in [-0.25, -0.2) is 0 Å². The Labute approximate surface area is 163 Å². The molecular weight excluding hydrogens is 342 g/mol. The summed E-state index contributed by atoms with van der Waals surface area (Å²) in [5.74, 6) is 0.991. The van der Waals surface area contributed by atoms with E-state index in [0.29, 0.717) is 6.04 Å². The second-order valence-corrected chi connectivity index (χ2v) is 7.78. The number of thiophene rings is 1. The molecule has 2 N–H and O–H groups in total. The third kappa shape index (κ3) is 7.16. The van der Waals surface area contributed by atoms with Crippen molar-refractivity contribution < 1.29 is 0 Å². The van der Waals surface area contributed by atoms with Crippen LogP contribution in [0.2, 0.25) is 0 Å². The average molecular weight is 380 g/mol. The number of nitrogens with one attached hydrogen (secondary N) is 2. The Balaban J connectivity index is 1.70. The summed E-state index contributed by atoms with van der Waals surface area (Å²) < 4.78 is 0. The molecule has 1 aromatic rings. The fourth-order valence-electron chi connectivity index (χ4n) is 3.39. The standard InChI is InChI=1S/C20H37N5S/c1-4-21-20(22-13-7-8-14-24(5-2)6-3)23-18-11-15-25(16-12-18)19-10-9-17-26-19/h9-10,17-18H,4-8,11-16H2,1-3H3,(H2,21,22,23). The number of guanidine groups is 1. The van der Waals surface area contributed by atoms with Gasteiger partial charge in [0.1, 0.15) is 0 Å². The lowest BCUT2D eigenvalue weighted by Gasteiger charge is -2.33. The Hall–Kier alpha value is -1.27. The van der Waals surface area contributed by atoms with E-state index in [9.17, 15) is 0 Å². The van der Waals surface area contributed by atoms with Gasteiger partial charge >= 0.3 is 0 Å². The lowest BCUT2D eigenvalue weighted by atomic mass is 10.1. The van der Waals surface area contributed by atoms with Crippen molar-refractivity contribution >= 4 is 22.3 Å². The van der Waals surface area contributed by atoms with E-state index in [1.807, 2.05) is 11.3 Å². The first-order valence-corrected chi connectivity index (χ1v) is 11.2. The first kappa shape index (κ1) is 21.0. The van der Waals surface area contributed by atoms with Crippen molar-refractivity contribution in [2.45, 2.75) is 52.5 Å². The van der Waals surface area contributed by atoms with Gasteiger partial charge in [0.25, 0.3) is 0 Å². The topological polar surface area (TPSA) is 42.9 Å². The average Bonchev–Trinajstić information content (AvgIpc) is 3.20. The molecule has 0 unspecified atom stereocenters. The summed E-state index contributed by atoms with van der Waals surface area (Å²) in [6, 6.07) is 4.89. The summed E-state index contributed by atoms with van der Waals surface area (Å²) >= 11 is 1.84. The monoisotopic (exact) mass is 379 g/mol. The zero-order chi connectivity index (χ0) is 18.6. The van der Waals surface area contributed by atoms with Crippen LogP contribution in [-0.2, 0) is 0 Å². The largest absolute Gasteiger partial charge is 0.363 e. The highest BCUT2D eigenvalue weighted by Crippen LogP contribution is 2.24. The Bertz CT molecular complexity index is 490. The molecule has 0 radical (unpaired) electrons. The molecule has 148 valence electrons. The first-order chi connectivity index (χ1) is 12.8. The van der Waals surface area contributed by atoms with E-state index < -0.39 is 0 Å². The molecule has 1 aliphatic rings. The van der Waals surface area contributed by atoms with Crippen LogP contribution in [-0.4, -0.2) is 62.7 Å². The summed E-state index contributed by atoms with van der Waals surface area (Å²) in [6.45, 7) is 14.2. The highest BCUT2D eigenvalue weighted by atomic mass is 32.1. The number of unbranched alkanes of at least 4 members (excludes halogenated alkanes) is 1. The van der Waals surface area contributed by atoms with Crippen molar-refractivity contribution in [3.05, 3.63) is 17.5 Å². The molecule has 0 saturated carbocycles. The van der Waals surface area contributed by atoms with E-state index in [-0.39, 0.29) is 0 Å². The molecule has 0 aliphatic carbocycles. The molecule has 0 atom stereocenters. The molecule has 1 fully saturated rings. The molecule has 6 heteroatoms. The van der Waals surface area contributed by atoms with Gasteiger partial charge in [-0.1, -0.05) is 13.8 Å². The number of aliphatic imine (C=N–C) groups is 1. The van der Waals surface area contributed by atoms with Crippen LogP contribution in [0.25, 0.3) is 0 Å². The van der Waals surface area contributed by atoms with Crippen LogP contribution in [0.5, 0.6) is 0 Å². The Morgan fingerprint density at radius 3 is 2.62 bits per heavy atom. The van der Waals surface area contributed by atoms with Gasteiger partial charge in [0.05, 0.1) is 5.00 Å².